The fourth-order valence-electron chi connectivity index (χ4n) is 1.22. The molecule has 0 aromatic heterocycles. The monoisotopic (exact) mass is 191 g/mol. The van der Waals surface area contributed by atoms with E-state index in [2.05, 4.69) is 25.1 Å². The van der Waals surface area contributed by atoms with Crippen molar-refractivity contribution in [2.45, 2.75) is 19.4 Å². The Morgan fingerprint density at radius 3 is 2.64 bits per heavy atom. The van der Waals surface area contributed by atoms with Gasteiger partial charge in [0.2, 0.25) is 0 Å². The molecule has 0 aliphatic rings. The lowest BCUT2D eigenvalue weighted by molar-refractivity contribution is 0.266. The lowest BCUT2D eigenvalue weighted by atomic mass is 10.1. The van der Waals surface area contributed by atoms with Gasteiger partial charge in [-0.1, -0.05) is 36.4 Å². The first-order chi connectivity index (χ1) is 6.74. The molecule has 76 valence electrons. The molecule has 1 aromatic rings. The highest BCUT2D eigenvalue weighted by Gasteiger charge is 1.98. The van der Waals surface area contributed by atoms with Crippen LogP contribution in [0.5, 0.6) is 0 Å². The SMILES string of the molecule is CC(=CC[C@H](N)CO)c1ccccc1. The second-order valence-electron chi connectivity index (χ2n) is 3.43. The Kier molecular flexibility index (Phi) is 4.36. The number of aliphatic hydroxyl groups is 1. The standard InChI is InChI=1S/C12H17NO/c1-10(7-8-12(13)9-14)11-5-3-2-4-6-11/h2-7,12,14H,8-9,13H2,1H3/t12-/m0/s1. The van der Waals surface area contributed by atoms with Gasteiger partial charge in [0.1, 0.15) is 0 Å². The first kappa shape index (κ1) is 11.0. The van der Waals surface area contributed by atoms with Gasteiger partial charge in [-0.3, -0.25) is 0 Å². The summed E-state index contributed by atoms with van der Waals surface area (Å²) in [7, 11) is 0. The number of aliphatic hydroxyl groups excluding tert-OH is 1. The van der Waals surface area contributed by atoms with Crippen LogP contribution in [0.15, 0.2) is 36.4 Å². The summed E-state index contributed by atoms with van der Waals surface area (Å²) >= 11 is 0. The first-order valence-corrected chi connectivity index (χ1v) is 4.82. The number of hydrogen-bond donors (Lipinski definition) is 2. The molecule has 0 fully saturated rings. The van der Waals surface area contributed by atoms with Crippen molar-refractivity contribution in [1.82, 2.24) is 0 Å². The molecule has 1 aromatic carbocycles. The second-order valence-corrected chi connectivity index (χ2v) is 3.43. The summed E-state index contributed by atoms with van der Waals surface area (Å²) in [6.45, 7) is 2.10. The molecule has 0 radical (unpaired) electrons. The van der Waals surface area contributed by atoms with Crippen molar-refractivity contribution in [2.24, 2.45) is 5.73 Å². The van der Waals surface area contributed by atoms with Crippen molar-refractivity contribution in [3.63, 3.8) is 0 Å². The normalized spacial score (nSPS) is 14.1. The Morgan fingerprint density at radius 2 is 2.07 bits per heavy atom. The third-order valence-corrected chi connectivity index (χ3v) is 2.19. The molecule has 0 amide bonds. The van der Waals surface area contributed by atoms with E-state index in [-0.39, 0.29) is 12.6 Å². The largest absolute Gasteiger partial charge is 0.395 e. The smallest absolute Gasteiger partial charge is 0.0585 e. The van der Waals surface area contributed by atoms with Crippen LogP contribution in [0, 0.1) is 0 Å². The van der Waals surface area contributed by atoms with Gasteiger partial charge in [-0.25, -0.2) is 0 Å². The third kappa shape index (κ3) is 3.32. The Morgan fingerprint density at radius 1 is 1.43 bits per heavy atom. The summed E-state index contributed by atoms with van der Waals surface area (Å²) < 4.78 is 0. The number of nitrogens with two attached hydrogens (primary N) is 1. The molecule has 0 saturated heterocycles. The van der Waals surface area contributed by atoms with E-state index in [1.807, 2.05) is 18.2 Å². The topological polar surface area (TPSA) is 46.2 Å². The minimum absolute atomic E-state index is 0.0402. The molecule has 0 bridgehead atoms. The van der Waals surface area contributed by atoms with Crippen LogP contribution < -0.4 is 5.73 Å². The van der Waals surface area contributed by atoms with E-state index < -0.39 is 0 Å². The van der Waals surface area contributed by atoms with Crippen LogP contribution in [0.1, 0.15) is 18.9 Å². The molecular weight excluding hydrogens is 174 g/mol. The minimum atomic E-state index is -0.145. The van der Waals surface area contributed by atoms with E-state index in [4.69, 9.17) is 10.8 Å². The Labute approximate surface area is 85.1 Å². The van der Waals surface area contributed by atoms with Gasteiger partial charge < -0.3 is 10.8 Å². The van der Waals surface area contributed by atoms with Gasteiger partial charge in [0.05, 0.1) is 6.61 Å². The summed E-state index contributed by atoms with van der Waals surface area (Å²) in [5.74, 6) is 0. The maximum atomic E-state index is 8.76. The zero-order valence-corrected chi connectivity index (χ0v) is 8.48. The fourth-order valence-corrected chi connectivity index (χ4v) is 1.22. The van der Waals surface area contributed by atoms with Gasteiger partial charge in [0, 0.05) is 6.04 Å². The van der Waals surface area contributed by atoms with E-state index in [0.29, 0.717) is 0 Å². The fraction of sp³-hybridized carbons (Fsp3) is 0.333. The van der Waals surface area contributed by atoms with Gasteiger partial charge in [-0.15, -0.1) is 0 Å². The Bertz CT molecular complexity index is 292. The van der Waals surface area contributed by atoms with Crippen molar-refractivity contribution in [2.75, 3.05) is 6.61 Å². The number of benzene rings is 1. The molecule has 0 aliphatic carbocycles. The van der Waals surface area contributed by atoms with Crippen molar-refractivity contribution < 1.29 is 5.11 Å². The maximum Gasteiger partial charge on any atom is 0.0585 e. The van der Waals surface area contributed by atoms with E-state index in [1.165, 1.54) is 11.1 Å². The molecule has 0 aliphatic heterocycles. The van der Waals surface area contributed by atoms with Gasteiger partial charge in [-0.2, -0.15) is 0 Å². The Hall–Kier alpha value is -1.12. The van der Waals surface area contributed by atoms with Crippen LogP contribution in [-0.2, 0) is 0 Å². The van der Waals surface area contributed by atoms with Crippen LogP contribution >= 0.6 is 0 Å². The zero-order valence-electron chi connectivity index (χ0n) is 8.48. The predicted octanol–water partition coefficient (Wildman–Crippen LogP) is 1.80. The molecule has 2 heteroatoms. The van der Waals surface area contributed by atoms with E-state index in [1.54, 1.807) is 0 Å². The minimum Gasteiger partial charge on any atom is -0.395 e. The highest BCUT2D eigenvalue weighted by molar-refractivity contribution is 5.63. The number of allylic oxidation sites excluding steroid dienone is 1. The molecular formula is C12H17NO. The van der Waals surface area contributed by atoms with Crippen LogP contribution in [0.2, 0.25) is 0 Å². The number of rotatable bonds is 4. The highest BCUT2D eigenvalue weighted by Crippen LogP contribution is 2.13. The predicted molar refractivity (Wildman–Crippen MR) is 59.8 cm³/mol. The average Bonchev–Trinajstić information content (AvgIpc) is 2.26. The van der Waals surface area contributed by atoms with Gasteiger partial charge in [0.25, 0.3) is 0 Å². The first-order valence-electron chi connectivity index (χ1n) is 4.82. The zero-order chi connectivity index (χ0) is 10.4. The van der Waals surface area contributed by atoms with Gasteiger partial charge in [0.15, 0.2) is 0 Å². The second kappa shape index (κ2) is 5.58. The lowest BCUT2D eigenvalue weighted by Gasteiger charge is -2.05. The van der Waals surface area contributed by atoms with Crippen LogP contribution in [-0.4, -0.2) is 17.8 Å². The maximum absolute atomic E-state index is 8.76. The molecule has 1 rings (SSSR count). The molecule has 0 heterocycles. The molecule has 3 N–H and O–H groups in total. The van der Waals surface area contributed by atoms with Crippen molar-refractivity contribution in [1.29, 1.82) is 0 Å². The molecule has 0 unspecified atom stereocenters. The quantitative estimate of drug-likeness (QED) is 0.762. The van der Waals surface area contributed by atoms with E-state index >= 15 is 0 Å². The lowest BCUT2D eigenvalue weighted by Crippen LogP contribution is -2.23. The molecule has 0 spiro atoms. The summed E-state index contributed by atoms with van der Waals surface area (Å²) in [6.07, 6.45) is 2.79. The van der Waals surface area contributed by atoms with Crippen LogP contribution in [0.25, 0.3) is 5.57 Å². The summed E-state index contributed by atoms with van der Waals surface area (Å²) in [5.41, 5.74) is 8.01. The molecule has 14 heavy (non-hydrogen) atoms. The third-order valence-electron chi connectivity index (χ3n) is 2.19. The van der Waals surface area contributed by atoms with Gasteiger partial charge >= 0.3 is 0 Å². The summed E-state index contributed by atoms with van der Waals surface area (Å²) in [6, 6.07) is 10.0. The number of hydrogen-bond acceptors (Lipinski definition) is 2. The Balaban J connectivity index is 2.61. The molecule has 1 atom stereocenters. The molecule has 2 nitrogen and oxygen atoms in total. The van der Waals surface area contributed by atoms with Crippen LogP contribution in [0.3, 0.4) is 0 Å². The highest BCUT2D eigenvalue weighted by atomic mass is 16.3. The van der Waals surface area contributed by atoms with Crippen molar-refractivity contribution in [3.8, 4) is 0 Å². The molecule has 0 saturated carbocycles. The van der Waals surface area contributed by atoms with Gasteiger partial charge in [-0.05, 0) is 24.5 Å². The van der Waals surface area contributed by atoms with Crippen LogP contribution in [0.4, 0.5) is 0 Å². The van der Waals surface area contributed by atoms with E-state index in [0.717, 1.165) is 6.42 Å². The summed E-state index contributed by atoms with van der Waals surface area (Å²) in [4.78, 5) is 0. The van der Waals surface area contributed by atoms with E-state index in [9.17, 15) is 0 Å². The van der Waals surface area contributed by atoms with Crippen molar-refractivity contribution >= 4 is 5.57 Å². The van der Waals surface area contributed by atoms with Crippen molar-refractivity contribution in [3.05, 3.63) is 42.0 Å². The summed E-state index contributed by atoms with van der Waals surface area (Å²) in [5, 5.41) is 8.76. The average molecular weight is 191 g/mol.